The van der Waals surface area contributed by atoms with E-state index in [1.54, 1.807) is 0 Å². The van der Waals surface area contributed by atoms with Gasteiger partial charge in [0.15, 0.2) is 10.2 Å². The zero-order valence-corrected chi connectivity index (χ0v) is 11.3. The molecule has 3 aromatic rings. The van der Waals surface area contributed by atoms with Gasteiger partial charge in [-0.25, -0.2) is 15.8 Å². The van der Waals surface area contributed by atoms with Crippen molar-refractivity contribution < 1.29 is 4.92 Å². The van der Waals surface area contributed by atoms with E-state index in [-0.39, 0.29) is 16.7 Å². The third-order valence-corrected chi connectivity index (χ3v) is 3.50. The quantitative estimate of drug-likeness (QED) is 0.287. The standard InChI is InChI=1S/C11H9N7O2S/c12-17-10-13-5-8(18(19)20)9(16-10)21-11-14-6-3-1-2-4-7(6)15-11/h1-5H,12H2,(H,14,15)(H,13,16,17). The number of hydrogen-bond acceptors (Lipinski definition) is 8. The van der Waals surface area contributed by atoms with Gasteiger partial charge in [0.1, 0.15) is 6.20 Å². The number of imidazole rings is 1. The van der Waals surface area contributed by atoms with Crippen LogP contribution >= 0.6 is 11.8 Å². The van der Waals surface area contributed by atoms with Crippen LogP contribution in [0.2, 0.25) is 0 Å². The van der Waals surface area contributed by atoms with Gasteiger partial charge in [0, 0.05) is 0 Å². The number of para-hydroxylation sites is 2. The number of rotatable bonds is 4. The third-order valence-electron chi connectivity index (χ3n) is 2.62. The van der Waals surface area contributed by atoms with E-state index in [0.717, 1.165) is 29.0 Å². The lowest BCUT2D eigenvalue weighted by atomic mass is 10.3. The third kappa shape index (κ3) is 2.61. The molecule has 0 amide bonds. The Balaban J connectivity index is 2.01. The lowest BCUT2D eigenvalue weighted by Crippen LogP contribution is -2.11. The molecule has 0 radical (unpaired) electrons. The van der Waals surface area contributed by atoms with E-state index >= 15 is 0 Å². The van der Waals surface area contributed by atoms with Crippen LogP contribution < -0.4 is 11.3 Å². The number of fused-ring (bicyclic) bond motifs is 1. The Hall–Kier alpha value is -2.72. The fourth-order valence-corrected chi connectivity index (χ4v) is 2.55. The Morgan fingerprint density at radius 1 is 1.33 bits per heavy atom. The molecule has 0 spiro atoms. The molecule has 0 aliphatic rings. The number of aromatic nitrogens is 4. The molecule has 3 rings (SSSR count). The van der Waals surface area contributed by atoms with Crippen LogP contribution in [0.5, 0.6) is 0 Å². The second-order valence-corrected chi connectivity index (χ2v) is 4.92. The fraction of sp³-hybridized carbons (Fsp3) is 0. The SMILES string of the molecule is NNc1ncc([N+](=O)[O-])c(Sc2nc3ccccc3[nH]2)n1. The summed E-state index contributed by atoms with van der Waals surface area (Å²) >= 11 is 1.04. The second-order valence-electron chi connectivity index (χ2n) is 3.95. The van der Waals surface area contributed by atoms with Crippen LogP contribution in [0.15, 0.2) is 40.6 Å². The summed E-state index contributed by atoms with van der Waals surface area (Å²) in [5, 5.41) is 11.7. The van der Waals surface area contributed by atoms with E-state index in [0.29, 0.717) is 5.16 Å². The summed E-state index contributed by atoms with van der Waals surface area (Å²) in [5.41, 5.74) is 3.66. The monoisotopic (exact) mass is 303 g/mol. The number of hydrazine groups is 1. The van der Waals surface area contributed by atoms with E-state index in [2.05, 4.69) is 25.4 Å². The number of H-pyrrole nitrogens is 1. The van der Waals surface area contributed by atoms with Gasteiger partial charge in [0.2, 0.25) is 5.95 Å². The van der Waals surface area contributed by atoms with Crippen LogP contribution in [-0.4, -0.2) is 24.9 Å². The molecule has 0 bridgehead atoms. The number of nitrogen functional groups attached to an aromatic ring is 1. The van der Waals surface area contributed by atoms with Crippen molar-refractivity contribution in [3.8, 4) is 0 Å². The Bertz CT molecular complexity index is 786. The molecule has 0 fully saturated rings. The molecular weight excluding hydrogens is 294 g/mol. The number of hydrogen-bond donors (Lipinski definition) is 3. The van der Waals surface area contributed by atoms with Crippen LogP contribution in [0.1, 0.15) is 0 Å². The van der Waals surface area contributed by atoms with Gasteiger partial charge in [-0.2, -0.15) is 4.98 Å². The highest BCUT2D eigenvalue weighted by Crippen LogP contribution is 2.32. The molecule has 0 aliphatic heterocycles. The summed E-state index contributed by atoms with van der Waals surface area (Å²) in [7, 11) is 0. The molecule has 106 valence electrons. The van der Waals surface area contributed by atoms with E-state index in [9.17, 15) is 10.1 Å². The lowest BCUT2D eigenvalue weighted by Gasteiger charge is -2.02. The van der Waals surface area contributed by atoms with Crippen molar-refractivity contribution in [1.29, 1.82) is 0 Å². The van der Waals surface area contributed by atoms with Gasteiger partial charge in [-0.15, -0.1) is 0 Å². The van der Waals surface area contributed by atoms with E-state index in [1.165, 1.54) is 0 Å². The predicted molar refractivity (Wildman–Crippen MR) is 76.7 cm³/mol. The van der Waals surface area contributed by atoms with Crippen molar-refractivity contribution >= 4 is 34.4 Å². The topological polar surface area (TPSA) is 136 Å². The van der Waals surface area contributed by atoms with Crippen molar-refractivity contribution in [3.05, 3.63) is 40.6 Å². The predicted octanol–water partition coefficient (Wildman–Crippen LogP) is 1.70. The van der Waals surface area contributed by atoms with Gasteiger partial charge in [-0.3, -0.25) is 15.5 Å². The van der Waals surface area contributed by atoms with Crippen LogP contribution in [0, 0.1) is 10.1 Å². The van der Waals surface area contributed by atoms with E-state index in [4.69, 9.17) is 5.84 Å². The van der Waals surface area contributed by atoms with Crippen molar-refractivity contribution in [2.24, 2.45) is 5.84 Å². The maximum Gasteiger partial charge on any atom is 0.320 e. The minimum Gasteiger partial charge on any atom is -0.333 e. The number of nitrogens with zero attached hydrogens (tertiary/aromatic N) is 4. The number of nitrogens with one attached hydrogen (secondary N) is 2. The number of aromatic amines is 1. The van der Waals surface area contributed by atoms with Crippen molar-refractivity contribution in [1.82, 2.24) is 19.9 Å². The van der Waals surface area contributed by atoms with E-state index in [1.807, 2.05) is 24.3 Å². The molecule has 9 nitrogen and oxygen atoms in total. The molecule has 0 saturated heterocycles. The first-order chi connectivity index (χ1) is 10.2. The van der Waals surface area contributed by atoms with Gasteiger partial charge in [-0.1, -0.05) is 12.1 Å². The van der Waals surface area contributed by atoms with Crippen molar-refractivity contribution in [2.45, 2.75) is 10.2 Å². The van der Waals surface area contributed by atoms with Gasteiger partial charge >= 0.3 is 5.69 Å². The lowest BCUT2D eigenvalue weighted by molar-refractivity contribution is -0.388. The molecule has 4 N–H and O–H groups in total. The molecule has 0 saturated carbocycles. The zero-order valence-electron chi connectivity index (χ0n) is 10.5. The highest BCUT2D eigenvalue weighted by atomic mass is 32.2. The zero-order chi connectivity index (χ0) is 14.8. The normalized spacial score (nSPS) is 10.7. The number of nitrogens with two attached hydrogens (primary N) is 1. The summed E-state index contributed by atoms with van der Waals surface area (Å²) in [6.45, 7) is 0. The van der Waals surface area contributed by atoms with Gasteiger partial charge in [-0.05, 0) is 23.9 Å². The average molecular weight is 303 g/mol. The molecule has 0 aliphatic carbocycles. The Kier molecular flexibility index (Phi) is 3.38. The van der Waals surface area contributed by atoms with Gasteiger partial charge in [0.25, 0.3) is 0 Å². The number of nitro groups is 1. The summed E-state index contributed by atoms with van der Waals surface area (Å²) in [6.07, 6.45) is 1.10. The summed E-state index contributed by atoms with van der Waals surface area (Å²) in [4.78, 5) is 25.6. The Labute approximate surface area is 122 Å². The highest BCUT2D eigenvalue weighted by molar-refractivity contribution is 7.99. The van der Waals surface area contributed by atoms with Gasteiger partial charge < -0.3 is 4.98 Å². The second kappa shape index (κ2) is 5.34. The first-order valence-electron chi connectivity index (χ1n) is 5.78. The molecule has 0 atom stereocenters. The minimum absolute atomic E-state index is 0.0965. The molecule has 21 heavy (non-hydrogen) atoms. The fourth-order valence-electron chi connectivity index (χ4n) is 1.70. The van der Waals surface area contributed by atoms with Crippen molar-refractivity contribution in [2.75, 3.05) is 5.43 Å². The van der Waals surface area contributed by atoms with Crippen LogP contribution in [0.4, 0.5) is 11.6 Å². The Morgan fingerprint density at radius 2 is 2.14 bits per heavy atom. The highest BCUT2D eigenvalue weighted by Gasteiger charge is 2.19. The maximum atomic E-state index is 11.0. The molecule has 10 heteroatoms. The smallest absolute Gasteiger partial charge is 0.320 e. The number of benzene rings is 1. The van der Waals surface area contributed by atoms with Gasteiger partial charge in [0.05, 0.1) is 16.0 Å². The average Bonchev–Trinajstić information content (AvgIpc) is 2.89. The van der Waals surface area contributed by atoms with E-state index < -0.39 is 4.92 Å². The summed E-state index contributed by atoms with van der Waals surface area (Å²) in [5.74, 6) is 5.32. The van der Waals surface area contributed by atoms with Crippen LogP contribution in [0.3, 0.4) is 0 Å². The molecule has 2 aromatic heterocycles. The first-order valence-corrected chi connectivity index (χ1v) is 6.59. The van der Waals surface area contributed by atoms with Crippen LogP contribution in [-0.2, 0) is 0 Å². The first kappa shape index (κ1) is 13.3. The molecule has 0 unspecified atom stereocenters. The largest absolute Gasteiger partial charge is 0.333 e. The van der Waals surface area contributed by atoms with Crippen LogP contribution in [0.25, 0.3) is 11.0 Å². The molecule has 2 heterocycles. The summed E-state index contributed by atoms with van der Waals surface area (Å²) < 4.78 is 0. The van der Waals surface area contributed by atoms with Crippen molar-refractivity contribution in [3.63, 3.8) is 0 Å². The molecule has 1 aromatic carbocycles. The molecular formula is C11H9N7O2S. The minimum atomic E-state index is -0.550. The number of anilines is 1. The Morgan fingerprint density at radius 3 is 2.86 bits per heavy atom. The summed E-state index contributed by atoms with van der Waals surface area (Å²) in [6, 6.07) is 7.45. The maximum absolute atomic E-state index is 11.0.